The molecule has 19 heavy (non-hydrogen) atoms. The van der Waals surface area contributed by atoms with Crippen LogP contribution in [-0.4, -0.2) is 30.3 Å². The zero-order valence-corrected chi connectivity index (χ0v) is 12.9. The maximum Gasteiger partial charge on any atom is 0.407 e. The number of unbranched alkanes of at least 4 members (excludes halogenated alkanes) is 1. The first-order valence-electron chi connectivity index (χ1n) is 7.63. The highest BCUT2D eigenvalue weighted by molar-refractivity contribution is 5.68. The van der Waals surface area contributed by atoms with Crippen LogP contribution in [0.15, 0.2) is 0 Å². The molecule has 2 N–H and O–H groups in total. The van der Waals surface area contributed by atoms with Gasteiger partial charge in [0.05, 0.1) is 0 Å². The number of hydrogen-bond acceptors (Lipinski definition) is 3. The molecular formula is C15H30N2O2. The zero-order chi connectivity index (χ0) is 14.3. The quantitative estimate of drug-likeness (QED) is 0.754. The van der Waals surface area contributed by atoms with Gasteiger partial charge in [0.1, 0.15) is 5.60 Å². The van der Waals surface area contributed by atoms with Crippen molar-refractivity contribution in [2.45, 2.75) is 83.9 Å². The summed E-state index contributed by atoms with van der Waals surface area (Å²) in [5.41, 5.74) is -0.419. The summed E-state index contributed by atoms with van der Waals surface area (Å²) in [6.45, 7) is 8.96. The summed E-state index contributed by atoms with van der Waals surface area (Å²) in [6.07, 6.45) is 6.63. The van der Waals surface area contributed by atoms with E-state index in [1.54, 1.807) is 0 Å². The number of alkyl carbamates (subject to hydrolysis) is 1. The van der Waals surface area contributed by atoms with Crippen molar-refractivity contribution in [3.8, 4) is 0 Å². The lowest BCUT2D eigenvalue weighted by molar-refractivity contribution is 0.0488. The van der Waals surface area contributed by atoms with Crippen LogP contribution in [0.3, 0.4) is 0 Å². The van der Waals surface area contributed by atoms with Crippen molar-refractivity contribution >= 4 is 6.09 Å². The summed E-state index contributed by atoms with van der Waals surface area (Å²) in [7, 11) is 0. The van der Waals surface area contributed by atoms with Gasteiger partial charge >= 0.3 is 6.09 Å². The average molecular weight is 270 g/mol. The second-order valence-corrected chi connectivity index (χ2v) is 6.51. The van der Waals surface area contributed by atoms with Crippen LogP contribution in [0.2, 0.25) is 0 Å². The molecule has 0 heterocycles. The second kappa shape index (κ2) is 7.73. The van der Waals surface area contributed by atoms with Crippen LogP contribution in [-0.2, 0) is 4.74 Å². The lowest BCUT2D eigenvalue weighted by Crippen LogP contribution is -2.45. The smallest absolute Gasteiger partial charge is 0.407 e. The zero-order valence-electron chi connectivity index (χ0n) is 12.9. The normalized spacial score (nSPS) is 24.0. The largest absolute Gasteiger partial charge is 0.444 e. The van der Waals surface area contributed by atoms with Gasteiger partial charge in [-0.3, -0.25) is 0 Å². The summed E-state index contributed by atoms with van der Waals surface area (Å²) < 4.78 is 5.30. The number of rotatable bonds is 5. The van der Waals surface area contributed by atoms with Gasteiger partial charge in [0.2, 0.25) is 0 Å². The predicted octanol–water partition coefficient (Wildman–Crippen LogP) is 3.21. The van der Waals surface area contributed by atoms with Gasteiger partial charge in [0, 0.05) is 12.1 Å². The highest BCUT2D eigenvalue weighted by Crippen LogP contribution is 2.19. The van der Waals surface area contributed by atoms with E-state index in [-0.39, 0.29) is 12.1 Å². The fourth-order valence-electron chi connectivity index (χ4n) is 2.46. The molecule has 0 aromatic carbocycles. The van der Waals surface area contributed by atoms with Gasteiger partial charge in [-0.15, -0.1) is 0 Å². The molecule has 0 radical (unpaired) electrons. The molecule has 0 bridgehead atoms. The van der Waals surface area contributed by atoms with Gasteiger partial charge in [-0.1, -0.05) is 13.3 Å². The minimum absolute atomic E-state index is 0.253. The Kier molecular flexibility index (Phi) is 6.63. The minimum atomic E-state index is -0.419. The van der Waals surface area contributed by atoms with Gasteiger partial charge in [0.25, 0.3) is 0 Å². The maximum absolute atomic E-state index is 11.7. The molecule has 0 spiro atoms. The topological polar surface area (TPSA) is 50.4 Å². The molecule has 4 heteroatoms. The molecular weight excluding hydrogens is 240 g/mol. The molecule has 1 saturated carbocycles. The van der Waals surface area contributed by atoms with Crippen LogP contribution >= 0.6 is 0 Å². The molecule has 1 aliphatic carbocycles. The standard InChI is InChI=1S/C15H30N2O2/c1-5-6-10-16-12-8-7-9-13(11-12)17-14(18)19-15(2,3)4/h12-13,16H,5-11H2,1-4H3,(H,17,18). The lowest BCUT2D eigenvalue weighted by atomic mass is 9.91. The Morgan fingerprint density at radius 1 is 1.26 bits per heavy atom. The van der Waals surface area contributed by atoms with Gasteiger partial charge < -0.3 is 15.4 Å². The molecule has 1 rings (SSSR count). The van der Waals surface area contributed by atoms with E-state index in [1.165, 1.54) is 25.7 Å². The van der Waals surface area contributed by atoms with Crippen molar-refractivity contribution in [1.29, 1.82) is 0 Å². The van der Waals surface area contributed by atoms with Gasteiger partial charge in [-0.2, -0.15) is 0 Å². The Bertz CT molecular complexity index is 274. The summed E-state index contributed by atoms with van der Waals surface area (Å²) in [6, 6.07) is 0.794. The molecule has 1 aliphatic rings. The highest BCUT2D eigenvalue weighted by atomic mass is 16.6. The molecule has 2 unspecified atom stereocenters. The fraction of sp³-hybridized carbons (Fsp3) is 0.933. The molecule has 0 aromatic heterocycles. The minimum Gasteiger partial charge on any atom is -0.444 e. The molecule has 0 aliphatic heterocycles. The van der Waals surface area contributed by atoms with Crippen LogP contribution in [0.5, 0.6) is 0 Å². The number of ether oxygens (including phenoxy) is 1. The van der Waals surface area contributed by atoms with E-state index in [0.29, 0.717) is 6.04 Å². The van der Waals surface area contributed by atoms with Gasteiger partial charge in [-0.05, 0) is 59.4 Å². The summed E-state index contributed by atoms with van der Waals surface area (Å²) in [4.78, 5) is 11.7. The van der Waals surface area contributed by atoms with E-state index in [9.17, 15) is 4.79 Å². The monoisotopic (exact) mass is 270 g/mol. The van der Waals surface area contributed by atoms with Crippen LogP contribution in [0, 0.1) is 0 Å². The highest BCUT2D eigenvalue weighted by Gasteiger charge is 2.24. The molecule has 112 valence electrons. The van der Waals surface area contributed by atoms with Gasteiger partial charge in [-0.25, -0.2) is 4.79 Å². The third-order valence-corrected chi connectivity index (χ3v) is 3.36. The van der Waals surface area contributed by atoms with E-state index in [2.05, 4.69) is 17.6 Å². The summed E-state index contributed by atoms with van der Waals surface area (Å²) in [5, 5.41) is 6.58. The van der Waals surface area contributed by atoms with Gasteiger partial charge in [0.15, 0.2) is 0 Å². The van der Waals surface area contributed by atoms with Crippen molar-refractivity contribution in [2.24, 2.45) is 0 Å². The number of hydrogen-bond donors (Lipinski definition) is 2. The Balaban J connectivity index is 2.28. The van der Waals surface area contributed by atoms with E-state index in [4.69, 9.17) is 4.74 Å². The predicted molar refractivity (Wildman–Crippen MR) is 78.3 cm³/mol. The maximum atomic E-state index is 11.7. The van der Waals surface area contributed by atoms with Crippen molar-refractivity contribution in [1.82, 2.24) is 10.6 Å². The first kappa shape index (κ1) is 16.3. The van der Waals surface area contributed by atoms with Crippen molar-refractivity contribution < 1.29 is 9.53 Å². The number of carbonyl (C=O) groups is 1. The Morgan fingerprint density at radius 2 is 1.95 bits per heavy atom. The first-order valence-corrected chi connectivity index (χ1v) is 7.63. The van der Waals surface area contributed by atoms with E-state index in [1.807, 2.05) is 20.8 Å². The number of nitrogens with one attached hydrogen (secondary N) is 2. The lowest BCUT2D eigenvalue weighted by Gasteiger charge is -2.31. The van der Waals surface area contributed by atoms with Crippen LogP contribution < -0.4 is 10.6 Å². The Hall–Kier alpha value is -0.770. The number of carbonyl (C=O) groups excluding carboxylic acids is 1. The van der Waals surface area contributed by atoms with E-state index >= 15 is 0 Å². The van der Waals surface area contributed by atoms with Crippen LogP contribution in [0.1, 0.15) is 66.2 Å². The molecule has 1 fully saturated rings. The molecule has 0 aromatic rings. The van der Waals surface area contributed by atoms with Crippen LogP contribution in [0.25, 0.3) is 0 Å². The molecule has 2 atom stereocenters. The SMILES string of the molecule is CCCCNC1CCCC(NC(=O)OC(C)(C)C)C1. The van der Waals surface area contributed by atoms with Crippen molar-refractivity contribution in [3.63, 3.8) is 0 Å². The van der Waals surface area contributed by atoms with Crippen molar-refractivity contribution in [2.75, 3.05) is 6.54 Å². The molecule has 4 nitrogen and oxygen atoms in total. The number of amides is 1. The third kappa shape index (κ3) is 7.41. The van der Waals surface area contributed by atoms with Crippen molar-refractivity contribution in [3.05, 3.63) is 0 Å². The average Bonchev–Trinajstić information content (AvgIpc) is 2.27. The Labute approximate surface area is 117 Å². The first-order chi connectivity index (χ1) is 8.90. The molecule has 1 amide bonds. The van der Waals surface area contributed by atoms with E-state index < -0.39 is 5.60 Å². The Morgan fingerprint density at radius 3 is 2.58 bits per heavy atom. The van der Waals surface area contributed by atoms with E-state index in [0.717, 1.165) is 19.4 Å². The summed E-state index contributed by atoms with van der Waals surface area (Å²) >= 11 is 0. The molecule has 0 saturated heterocycles. The second-order valence-electron chi connectivity index (χ2n) is 6.51. The fourth-order valence-corrected chi connectivity index (χ4v) is 2.46. The van der Waals surface area contributed by atoms with Crippen LogP contribution in [0.4, 0.5) is 4.79 Å². The summed E-state index contributed by atoms with van der Waals surface area (Å²) in [5.74, 6) is 0. The third-order valence-electron chi connectivity index (χ3n) is 3.36.